The summed E-state index contributed by atoms with van der Waals surface area (Å²) in [4.78, 5) is 14.6. The standard InChI is InChI=1S/C23H27ClN2O/c1-23(13-15-26(2)16-14-23)21-6-4-3-5-19(21)9-12-22(27)25-17-18-7-10-20(24)11-8-18/h3-12H,13-17H2,1-2H3,(H,25,27). The first-order chi connectivity index (χ1) is 13.0. The number of rotatable bonds is 5. The predicted octanol–water partition coefficient (Wildman–Crippen LogP) is 4.65. The molecular formula is C23H27ClN2O. The molecule has 142 valence electrons. The van der Waals surface area contributed by atoms with Crippen LogP contribution >= 0.6 is 11.6 Å². The summed E-state index contributed by atoms with van der Waals surface area (Å²) in [5.74, 6) is -0.0896. The Balaban J connectivity index is 1.66. The fraction of sp³-hybridized carbons (Fsp3) is 0.348. The molecule has 0 aliphatic carbocycles. The number of hydrogen-bond acceptors (Lipinski definition) is 2. The van der Waals surface area contributed by atoms with Crippen molar-refractivity contribution >= 4 is 23.6 Å². The second kappa shape index (κ2) is 8.73. The minimum atomic E-state index is -0.0896. The molecule has 1 amide bonds. The summed E-state index contributed by atoms with van der Waals surface area (Å²) in [6.07, 6.45) is 5.84. The Kier molecular flexibility index (Phi) is 6.35. The largest absolute Gasteiger partial charge is 0.348 e. The molecule has 1 aliphatic rings. The Morgan fingerprint density at radius 3 is 2.52 bits per heavy atom. The maximum atomic E-state index is 12.2. The number of carbonyl (C=O) groups is 1. The third kappa shape index (κ3) is 5.21. The highest BCUT2D eigenvalue weighted by Gasteiger charge is 2.31. The first kappa shape index (κ1) is 19.7. The van der Waals surface area contributed by atoms with Crippen molar-refractivity contribution in [1.82, 2.24) is 10.2 Å². The van der Waals surface area contributed by atoms with E-state index in [9.17, 15) is 4.79 Å². The molecule has 0 atom stereocenters. The highest BCUT2D eigenvalue weighted by Crippen LogP contribution is 2.36. The monoisotopic (exact) mass is 382 g/mol. The first-order valence-corrected chi connectivity index (χ1v) is 9.82. The Bertz CT molecular complexity index is 805. The minimum Gasteiger partial charge on any atom is -0.348 e. The van der Waals surface area contributed by atoms with Gasteiger partial charge in [-0.2, -0.15) is 0 Å². The summed E-state index contributed by atoms with van der Waals surface area (Å²) in [6.45, 7) is 5.05. The fourth-order valence-corrected chi connectivity index (χ4v) is 3.72. The number of benzene rings is 2. The average Bonchev–Trinajstić information content (AvgIpc) is 2.68. The number of amides is 1. The molecule has 0 radical (unpaired) electrons. The third-order valence-electron chi connectivity index (χ3n) is 5.50. The number of halogens is 1. The summed E-state index contributed by atoms with van der Waals surface area (Å²) in [6, 6.07) is 15.9. The van der Waals surface area contributed by atoms with Crippen molar-refractivity contribution in [2.24, 2.45) is 0 Å². The van der Waals surface area contributed by atoms with Crippen molar-refractivity contribution in [2.45, 2.75) is 31.7 Å². The van der Waals surface area contributed by atoms with Crippen molar-refractivity contribution in [1.29, 1.82) is 0 Å². The van der Waals surface area contributed by atoms with Gasteiger partial charge in [-0.25, -0.2) is 0 Å². The Hall–Kier alpha value is -2.10. The first-order valence-electron chi connectivity index (χ1n) is 9.45. The molecular weight excluding hydrogens is 356 g/mol. The predicted molar refractivity (Wildman–Crippen MR) is 113 cm³/mol. The van der Waals surface area contributed by atoms with Crippen LogP contribution in [0.25, 0.3) is 6.08 Å². The van der Waals surface area contributed by atoms with Gasteiger partial charge < -0.3 is 10.2 Å². The zero-order chi connectivity index (χ0) is 19.3. The lowest BCUT2D eigenvalue weighted by Crippen LogP contribution is -2.39. The number of piperidine rings is 1. The highest BCUT2D eigenvalue weighted by molar-refractivity contribution is 6.30. The zero-order valence-corrected chi connectivity index (χ0v) is 16.8. The van der Waals surface area contributed by atoms with Crippen molar-refractivity contribution in [3.05, 3.63) is 76.3 Å². The van der Waals surface area contributed by atoms with Crippen LogP contribution in [0.15, 0.2) is 54.6 Å². The van der Waals surface area contributed by atoms with Crippen molar-refractivity contribution < 1.29 is 4.79 Å². The summed E-state index contributed by atoms with van der Waals surface area (Å²) in [5, 5.41) is 3.63. The van der Waals surface area contributed by atoms with Crippen LogP contribution in [-0.4, -0.2) is 30.9 Å². The number of nitrogens with zero attached hydrogens (tertiary/aromatic N) is 1. The summed E-state index contributed by atoms with van der Waals surface area (Å²) >= 11 is 5.89. The van der Waals surface area contributed by atoms with Crippen molar-refractivity contribution in [2.75, 3.05) is 20.1 Å². The van der Waals surface area contributed by atoms with E-state index in [-0.39, 0.29) is 11.3 Å². The normalized spacial score (nSPS) is 17.1. The van der Waals surface area contributed by atoms with Gasteiger partial charge in [0.25, 0.3) is 0 Å². The minimum absolute atomic E-state index is 0.0896. The summed E-state index contributed by atoms with van der Waals surface area (Å²) in [7, 11) is 2.18. The fourth-order valence-electron chi connectivity index (χ4n) is 3.59. The third-order valence-corrected chi connectivity index (χ3v) is 5.75. The lowest BCUT2D eigenvalue weighted by Gasteiger charge is -2.39. The molecule has 0 aromatic heterocycles. The molecule has 1 heterocycles. The number of nitrogens with one attached hydrogen (secondary N) is 1. The number of likely N-dealkylation sites (tertiary alicyclic amines) is 1. The van der Waals surface area contributed by atoms with E-state index in [1.807, 2.05) is 36.4 Å². The maximum Gasteiger partial charge on any atom is 0.244 e. The topological polar surface area (TPSA) is 32.3 Å². The Morgan fingerprint density at radius 1 is 1.15 bits per heavy atom. The van der Waals surface area contributed by atoms with Crippen LogP contribution in [0, 0.1) is 0 Å². The van der Waals surface area contributed by atoms with Crippen LogP contribution in [0.3, 0.4) is 0 Å². The average molecular weight is 383 g/mol. The molecule has 1 saturated heterocycles. The van der Waals surface area contributed by atoms with Gasteiger partial charge in [0.1, 0.15) is 0 Å². The van der Waals surface area contributed by atoms with E-state index in [2.05, 4.69) is 42.4 Å². The Labute approximate surface area is 167 Å². The van der Waals surface area contributed by atoms with E-state index in [0.717, 1.165) is 37.1 Å². The van der Waals surface area contributed by atoms with E-state index >= 15 is 0 Å². The van der Waals surface area contributed by atoms with Crippen LogP contribution in [0.4, 0.5) is 0 Å². The second-order valence-electron chi connectivity index (χ2n) is 7.63. The van der Waals surface area contributed by atoms with Crippen LogP contribution in [0.1, 0.15) is 36.5 Å². The molecule has 3 nitrogen and oxygen atoms in total. The molecule has 1 fully saturated rings. The zero-order valence-electron chi connectivity index (χ0n) is 16.0. The van der Waals surface area contributed by atoms with Gasteiger partial charge in [0.05, 0.1) is 0 Å². The summed E-state index contributed by atoms with van der Waals surface area (Å²) < 4.78 is 0. The molecule has 0 bridgehead atoms. The van der Waals surface area contributed by atoms with Gasteiger partial charge in [-0.3, -0.25) is 4.79 Å². The van der Waals surface area contributed by atoms with E-state index in [0.29, 0.717) is 11.6 Å². The molecule has 27 heavy (non-hydrogen) atoms. The molecule has 2 aromatic carbocycles. The van der Waals surface area contributed by atoms with Crippen LogP contribution in [-0.2, 0) is 16.8 Å². The van der Waals surface area contributed by atoms with E-state index in [1.165, 1.54) is 5.56 Å². The van der Waals surface area contributed by atoms with Gasteiger partial charge >= 0.3 is 0 Å². The summed E-state index contributed by atoms with van der Waals surface area (Å²) in [5.41, 5.74) is 3.65. The van der Waals surface area contributed by atoms with Crippen LogP contribution in [0.2, 0.25) is 5.02 Å². The Morgan fingerprint density at radius 2 is 1.81 bits per heavy atom. The van der Waals surface area contributed by atoms with Gasteiger partial charge in [0.2, 0.25) is 5.91 Å². The maximum absolute atomic E-state index is 12.2. The van der Waals surface area contributed by atoms with Crippen LogP contribution < -0.4 is 5.32 Å². The highest BCUT2D eigenvalue weighted by atomic mass is 35.5. The molecule has 0 saturated carbocycles. The number of carbonyl (C=O) groups excluding carboxylic acids is 1. The van der Waals surface area contributed by atoms with Crippen LogP contribution in [0.5, 0.6) is 0 Å². The second-order valence-corrected chi connectivity index (χ2v) is 8.07. The van der Waals surface area contributed by atoms with Gasteiger partial charge in [-0.05, 0) is 73.3 Å². The molecule has 4 heteroatoms. The lowest BCUT2D eigenvalue weighted by molar-refractivity contribution is -0.116. The van der Waals surface area contributed by atoms with E-state index < -0.39 is 0 Å². The van der Waals surface area contributed by atoms with Gasteiger partial charge in [0, 0.05) is 17.6 Å². The van der Waals surface area contributed by atoms with Gasteiger partial charge in [0.15, 0.2) is 0 Å². The van der Waals surface area contributed by atoms with Crippen molar-refractivity contribution in [3.63, 3.8) is 0 Å². The van der Waals surface area contributed by atoms with E-state index in [4.69, 9.17) is 11.6 Å². The smallest absolute Gasteiger partial charge is 0.244 e. The van der Waals surface area contributed by atoms with E-state index in [1.54, 1.807) is 6.08 Å². The van der Waals surface area contributed by atoms with Gasteiger partial charge in [-0.1, -0.05) is 54.9 Å². The quantitative estimate of drug-likeness (QED) is 0.763. The molecule has 0 unspecified atom stereocenters. The number of hydrogen-bond donors (Lipinski definition) is 1. The SMILES string of the molecule is CN1CCC(C)(c2ccccc2C=CC(=O)NCc2ccc(Cl)cc2)CC1. The van der Waals surface area contributed by atoms with Gasteiger partial charge in [-0.15, -0.1) is 0 Å². The molecule has 1 N–H and O–H groups in total. The van der Waals surface area contributed by atoms with Crippen molar-refractivity contribution in [3.8, 4) is 0 Å². The molecule has 0 spiro atoms. The lowest BCUT2D eigenvalue weighted by atomic mass is 9.73. The molecule has 1 aliphatic heterocycles. The molecule has 2 aromatic rings. The molecule has 3 rings (SSSR count).